The first kappa shape index (κ1) is 20.9. The number of hydrogen-bond acceptors (Lipinski definition) is 5. The molecule has 0 unspecified atom stereocenters. The predicted molar refractivity (Wildman–Crippen MR) is 114 cm³/mol. The van der Waals surface area contributed by atoms with Crippen LogP contribution in [0.3, 0.4) is 0 Å². The maximum atomic E-state index is 14.4. The number of nitro benzene ring substituents is 1. The maximum Gasteiger partial charge on any atom is 0.282 e. The summed E-state index contributed by atoms with van der Waals surface area (Å²) in [6, 6.07) is 14.6. The van der Waals surface area contributed by atoms with Crippen LogP contribution in [0.25, 0.3) is 5.57 Å². The molecule has 1 heterocycles. The summed E-state index contributed by atoms with van der Waals surface area (Å²) in [7, 11) is 0. The van der Waals surface area contributed by atoms with Crippen LogP contribution in [0.15, 0.2) is 72.4 Å². The Balaban J connectivity index is 1.84. The van der Waals surface area contributed by atoms with Gasteiger partial charge in [0.15, 0.2) is 0 Å². The molecule has 0 fully saturated rings. The number of halogens is 2. The van der Waals surface area contributed by atoms with Gasteiger partial charge in [0.2, 0.25) is 0 Å². The molecule has 1 aliphatic rings. The molecule has 4 rings (SSSR count). The van der Waals surface area contributed by atoms with Gasteiger partial charge < -0.3 is 5.32 Å². The maximum absolute atomic E-state index is 14.4. The highest BCUT2D eigenvalue weighted by Crippen LogP contribution is 2.35. The minimum absolute atomic E-state index is 0.0878. The summed E-state index contributed by atoms with van der Waals surface area (Å²) >= 11 is 0. The lowest BCUT2D eigenvalue weighted by Gasteiger charge is -2.16. The van der Waals surface area contributed by atoms with Gasteiger partial charge in [-0.1, -0.05) is 12.1 Å². The van der Waals surface area contributed by atoms with Crippen molar-refractivity contribution in [1.82, 2.24) is 0 Å². The fraction of sp³-hybridized carbons (Fsp3) is 0.0435. The first-order valence-corrected chi connectivity index (χ1v) is 9.43. The zero-order chi connectivity index (χ0) is 23.0. The highest BCUT2D eigenvalue weighted by Gasteiger charge is 2.41. The van der Waals surface area contributed by atoms with Gasteiger partial charge in [0.25, 0.3) is 17.5 Å². The number of nitrogens with one attached hydrogen (secondary N) is 1. The van der Waals surface area contributed by atoms with Gasteiger partial charge in [-0.05, 0) is 54.4 Å². The molecular formula is C23H15F2N3O4. The molecule has 0 bridgehead atoms. The van der Waals surface area contributed by atoms with E-state index in [1.165, 1.54) is 24.3 Å². The van der Waals surface area contributed by atoms with Crippen LogP contribution in [-0.2, 0) is 9.59 Å². The number of hydrogen-bond donors (Lipinski definition) is 1. The highest BCUT2D eigenvalue weighted by molar-refractivity contribution is 6.46. The van der Waals surface area contributed by atoms with Crippen LogP contribution in [-0.4, -0.2) is 16.7 Å². The van der Waals surface area contributed by atoms with Gasteiger partial charge in [0.05, 0.1) is 16.2 Å². The second-order valence-corrected chi connectivity index (χ2v) is 7.09. The van der Waals surface area contributed by atoms with Crippen LogP contribution in [0.5, 0.6) is 0 Å². The molecule has 9 heteroatoms. The molecule has 0 saturated carbocycles. The van der Waals surface area contributed by atoms with Crippen molar-refractivity contribution in [3.8, 4) is 0 Å². The lowest BCUT2D eigenvalue weighted by Crippen LogP contribution is -2.33. The number of aryl methyl sites for hydroxylation is 1. The highest BCUT2D eigenvalue weighted by atomic mass is 19.1. The van der Waals surface area contributed by atoms with Crippen LogP contribution < -0.4 is 10.2 Å². The fourth-order valence-electron chi connectivity index (χ4n) is 3.41. The summed E-state index contributed by atoms with van der Waals surface area (Å²) in [6.07, 6.45) is 0. The lowest BCUT2D eigenvalue weighted by atomic mass is 10.0. The molecule has 0 aromatic heterocycles. The van der Waals surface area contributed by atoms with E-state index in [9.17, 15) is 28.5 Å². The lowest BCUT2D eigenvalue weighted by molar-refractivity contribution is -0.384. The number of benzene rings is 3. The zero-order valence-electron chi connectivity index (χ0n) is 16.6. The average Bonchev–Trinajstić information content (AvgIpc) is 2.98. The number of non-ortho nitro benzene ring substituents is 1. The van der Waals surface area contributed by atoms with Crippen LogP contribution in [0.4, 0.5) is 25.8 Å². The standard InChI is InChI=1S/C23H15F2N3O4/c1-13-3-2-4-16(11-13)26-21-20(14-5-8-17(9-6-14)28(31)32)22(29)27(23(21)30)19-10-7-15(24)12-18(19)25/h2-12,26H,1H3. The molecule has 0 atom stereocenters. The summed E-state index contributed by atoms with van der Waals surface area (Å²) in [5, 5.41) is 13.9. The van der Waals surface area contributed by atoms with Gasteiger partial charge in [-0.25, -0.2) is 13.7 Å². The SMILES string of the molecule is Cc1cccc(NC2=C(c3ccc([N+](=O)[O-])cc3)C(=O)N(c3ccc(F)cc3F)C2=O)c1. The normalized spacial score (nSPS) is 13.7. The van der Waals surface area contributed by atoms with Crippen molar-refractivity contribution in [3.05, 3.63) is 105 Å². The van der Waals surface area contributed by atoms with Crippen molar-refractivity contribution >= 4 is 34.4 Å². The van der Waals surface area contributed by atoms with Gasteiger partial charge >= 0.3 is 0 Å². The number of nitrogens with zero attached hydrogens (tertiary/aromatic N) is 2. The van der Waals surface area contributed by atoms with E-state index < -0.39 is 34.1 Å². The van der Waals surface area contributed by atoms with Crippen LogP contribution >= 0.6 is 0 Å². The van der Waals surface area contributed by atoms with Crippen molar-refractivity contribution in [2.24, 2.45) is 0 Å². The van der Waals surface area contributed by atoms with E-state index in [1.807, 2.05) is 13.0 Å². The summed E-state index contributed by atoms with van der Waals surface area (Å²) in [5.74, 6) is -3.61. The van der Waals surface area contributed by atoms with Gasteiger partial charge in [-0.3, -0.25) is 19.7 Å². The number of anilines is 2. The molecule has 2 amide bonds. The van der Waals surface area contributed by atoms with E-state index in [-0.39, 0.29) is 22.5 Å². The van der Waals surface area contributed by atoms with Gasteiger partial charge in [0.1, 0.15) is 17.3 Å². The number of rotatable bonds is 5. The number of nitro groups is 1. The van der Waals surface area contributed by atoms with Gasteiger partial charge in [-0.15, -0.1) is 0 Å². The average molecular weight is 435 g/mol. The zero-order valence-corrected chi connectivity index (χ0v) is 16.6. The summed E-state index contributed by atoms with van der Waals surface area (Å²) in [5.41, 5.74) is 0.831. The van der Waals surface area contributed by atoms with E-state index in [2.05, 4.69) is 5.32 Å². The summed E-state index contributed by atoms with van der Waals surface area (Å²) in [6.45, 7) is 1.85. The predicted octanol–water partition coefficient (Wildman–Crippen LogP) is 4.58. The smallest absolute Gasteiger partial charge is 0.282 e. The van der Waals surface area contributed by atoms with E-state index in [0.717, 1.165) is 17.7 Å². The second-order valence-electron chi connectivity index (χ2n) is 7.09. The Kier molecular flexibility index (Phi) is 5.23. The van der Waals surface area contributed by atoms with Gasteiger partial charge in [-0.2, -0.15) is 0 Å². The van der Waals surface area contributed by atoms with E-state index in [4.69, 9.17) is 0 Å². The Morgan fingerprint density at radius 2 is 1.66 bits per heavy atom. The monoisotopic (exact) mass is 435 g/mol. The van der Waals surface area contributed by atoms with Crippen LogP contribution in [0.2, 0.25) is 0 Å². The molecule has 32 heavy (non-hydrogen) atoms. The van der Waals surface area contributed by atoms with Gasteiger partial charge in [0, 0.05) is 23.9 Å². The van der Waals surface area contributed by atoms with Crippen LogP contribution in [0.1, 0.15) is 11.1 Å². The number of amides is 2. The third-order valence-corrected chi connectivity index (χ3v) is 4.89. The van der Waals surface area contributed by atoms with E-state index in [0.29, 0.717) is 16.7 Å². The molecule has 0 spiro atoms. The van der Waals surface area contributed by atoms with E-state index in [1.54, 1.807) is 18.2 Å². The fourth-order valence-corrected chi connectivity index (χ4v) is 3.41. The molecule has 160 valence electrons. The van der Waals surface area contributed by atoms with Crippen molar-refractivity contribution < 1.29 is 23.3 Å². The largest absolute Gasteiger partial charge is 0.350 e. The number of imide groups is 1. The summed E-state index contributed by atoms with van der Waals surface area (Å²) < 4.78 is 27.8. The Morgan fingerprint density at radius 1 is 0.938 bits per heavy atom. The minimum atomic E-state index is -1.08. The van der Waals surface area contributed by atoms with Crippen molar-refractivity contribution in [3.63, 3.8) is 0 Å². The quantitative estimate of drug-likeness (QED) is 0.360. The first-order chi connectivity index (χ1) is 15.3. The molecule has 0 radical (unpaired) electrons. The third kappa shape index (κ3) is 3.71. The van der Waals surface area contributed by atoms with E-state index >= 15 is 0 Å². The van der Waals surface area contributed by atoms with Crippen molar-refractivity contribution in [2.45, 2.75) is 6.92 Å². The molecule has 7 nitrogen and oxygen atoms in total. The molecule has 0 aliphatic carbocycles. The molecule has 0 saturated heterocycles. The Labute approximate surface area is 180 Å². The van der Waals surface area contributed by atoms with Crippen LogP contribution in [0, 0.1) is 28.7 Å². The number of carbonyl (C=O) groups is 2. The molecule has 3 aromatic carbocycles. The minimum Gasteiger partial charge on any atom is -0.350 e. The topological polar surface area (TPSA) is 92.6 Å². The molecule has 3 aromatic rings. The number of carbonyl (C=O) groups excluding carboxylic acids is 2. The Bertz CT molecular complexity index is 1300. The third-order valence-electron chi connectivity index (χ3n) is 4.89. The van der Waals surface area contributed by atoms with Crippen molar-refractivity contribution in [2.75, 3.05) is 10.2 Å². The first-order valence-electron chi connectivity index (χ1n) is 9.43. The van der Waals surface area contributed by atoms with Crippen molar-refractivity contribution in [1.29, 1.82) is 0 Å². The summed E-state index contributed by atoms with van der Waals surface area (Å²) in [4.78, 5) is 37.5. The Hall–Kier alpha value is -4.40. The molecule has 1 N–H and O–H groups in total. The molecular weight excluding hydrogens is 420 g/mol. The second kappa shape index (κ2) is 8.03. The molecule has 1 aliphatic heterocycles. The Morgan fingerprint density at radius 3 is 2.28 bits per heavy atom.